The van der Waals surface area contributed by atoms with Gasteiger partial charge in [-0.25, -0.2) is 22.3 Å². The number of nitro groups is 1. The molecule has 2 heterocycles. The van der Waals surface area contributed by atoms with Gasteiger partial charge in [0.2, 0.25) is 10.0 Å². The van der Waals surface area contributed by atoms with E-state index in [4.69, 9.17) is 9.84 Å². The number of benzene rings is 2. The zero-order chi connectivity index (χ0) is 29.0. The number of piperidine rings is 1. The summed E-state index contributed by atoms with van der Waals surface area (Å²) in [4.78, 5) is 33.7. The van der Waals surface area contributed by atoms with E-state index in [1.165, 1.54) is 22.5 Å². The van der Waals surface area contributed by atoms with Crippen LogP contribution in [0.3, 0.4) is 0 Å². The lowest BCUT2D eigenvalue weighted by Gasteiger charge is -2.32. The number of non-ortho nitro benzene ring substituents is 1. The third-order valence-corrected chi connectivity index (χ3v) is 9.60. The quantitative estimate of drug-likeness (QED) is 0.217. The number of carbonyl (C=O) groups is 2. The van der Waals surface area contributed by atoms with Gasteiger partial charge >= 0.3 is 11.9 Å². The molecule has 0 saturated carbocycles. The summed E-state index contributed by atoms with van der Waals surface area (Å²) in [5.41, 5.74) is 2.24. The summed E-state index contributed by atoms with van der Waals surface area (Å²) in [6, 6.07) is 13.0. The molecule has 1 aromatic heterocycles. The minimum Gasteiger partial charge on any atom is -0.480 e. The summed E-state index contributed by atoms with van der Waals surface area (Å²) < 4.78 is 32.6. The van der Waals surface area contributed by atoms with Gasteiger partial charge in [-0.2, -0.15) is 0 Å². The van der Waals surface area contributed by atoms with E-state index in [0.29, 0.717) is 41.9 Å². The highest BCUT2D eigenvalue weighted by Gasteiger charge is 2.29. The number of ether oxygens (including phenoxy) is 1. The Morgan fingerprint density at radius 1 is 1.15 bits per heavy atom. The van der Waals surface area contributed by atoms with Crippen molar-refractivity contribution in [1.82, 2.24) is 4.31 Å². The lowest BCUT2D eigenvalue weighted by atomic mass is 10.0. The molecule has 0 spiro atoms. The second-order valence-electron chi connectivity index (χ2n) is 9.28. The van der Waals surface area contributed by atoms with E-state index >= 15 is 0 Å². The molecule has 12 nitrogen and oxygen atoms in total. The zero-order valence-corrected chi connectivity index (χ0v) is 23.0. The molecular weight excluding hydrogens is 562 g/mol. The number of nitrogens with one attached hydrogen (secondary N) is 1. The number of anilines is 1. The van der Waals surface area contributed by atoms with Crippen LogP contribution in [-0.2, 0) is 20.6 Å². The van der Waals surface area contributed by atoms with Crippen molar-refractivity contribution >= 4 is 44.7 Å². The molecule has 40 heavy (non-hydrogen) atoms. The molecule has 4 rings (SSSR count). The molecule has 1 aliphatic rings. The monoisotopic (exact) mass is 589 g/mol. The van der Waals surface area contributed by atoms with Gasteiger partial charge in [-0.15, -0.1) is 11.3 Å². The number of nitro benzene ring substituents is 1. The second kappa shape index (κ2) is 12.0. The molecule has 0 atom stereocenters. The summed E-state index contributed by atoms with van der Waals surface area (Å²) >= 11 is 1.00. The van der Waals surface area contributed by atoms with Gasteiger partial charge in [-0.05, 0) is 43.0 Å². The highest BCUT2D eigenvalue weighted by atomic mass is 32.2. The number of hydrogen-bond donors (Lipinski definition) is 3. The summed E-state index contributed by atoms with van der Waals surface area (Å²) in [5.74, 6) is -2.70. The fourth-order valence-electron chi connectivity index (χ4n) is 4.55. The lowest BCUT2D eigenvalue weighted by molar-refractivity contribution is -0.384. The first-order chi connectivity index (χ1) is 18.9. The van der Waals surface area contributed by atoms with E-state index in [1.54, 1.807) is 13.0 Å². The molecule has 0 radical (unpaired) electrons. The van der Waals surface area contributed by atoms with Crippen LogP contribution < -0.4 is 10.1 Å². The summed E-state index contributed by atoms with van der Waals surface area (Å²) in [6.45, 7) is 1.62. The van der Waals surface area contributed by atoms with E-state index < -0.39 is 33.5 Å². The summed E-state index contributed by atoms with van der Waals surface area (Å²) in [6.07, 6.45) is 1.10. The Balaban J connectivity index is 1.42. The first-order valence-electron chi connectivity index (χ1n) is 12.2. The standard InChI is InChI=1S/C26H27N3O9S2/c1-16-23(38-14-22(30)31)25(26(32)33)39-24(16)18-5-3-6-20(13-18)27-19-8-10-28(11-9-19)40(36,37)15-17-4-2-7-21(12-17)29(34)35/h2-7,12-13,19,27H,8-11,14-15H2,1H3,(H,30,31)(H,32,33). The molecule has 0 bridgehead atoms. The average molecular weight is 590 g/mol. The van der Waals surface area contributed by atoms with E-state index in [9.17, 15) is 33.2 Å². The average Bonchev–Trinajstić information content (AvgIpc) is 3.24. The predicted molar refractivity (Wildman–Crippen MR) is 149 cm³/mol. The highest BCUT2D eigenvalue weighted by molar-refractivity contribution is 7.88. The first-order valence-corrected chi connectivity index (χ1v) is 14.7. The maximum absolute atomic E-state index is 12.9. The fraction of sp³-hybridized carbons (Fsp3) is 0.308. The minimum absolute atomic E-state index is 0.00649. The number of carboxylic acids is 2. The van der Waals surface area contributed by atoms with Gasteiger partial charge in [0.15, 0.2) is 11.5 Å². The molecule has 0 amide bonds. The molecule has 3 N–H and O–H groups in total. The first kappa shape index (κ1) is 29.0. The molecule has 3 aromatic rings. The Kier molecular flexibility index (Phi) is 8.71. The third kappa shape index (κ3) is 6.76. The van der Waals surface area contributed by atoms with Crippen LogP contribution in [0.5, 0.6) is 5.75 Å². The van der Waals surface area contributed by atoms with Gasteiger partial charge in [-0.1, -0.05) is 24.3 Å². The number of hydrogen-bond acceptors (Lipinski definition) is 9. The molecule has 2 aromatic carbocycles. The predicted octanol–water partition coefficient (Wildman–Crippen LogP) is 4.20. The van der Waals surface area contributed by atoms with E-state index in [1.807, 2.05) is 24.3 Å². The van der Waals surface area contributed by atoms with Crippen molar-refractivity contribution in [2.24, 2.45) is 0 Å². The Morgan fingerprint density at radius 3 is 2.50 bits per heavy atom. The van der Waals surface area contributed by atoms with Crippen LogP contribution in [0.2, 0.25) is 0 Å². The van der Waals surface area contributed by atoms with Gasteiger partial charge in [0, 0.05) is 47.4 Å². The Bertz CT molecular complexity index is 1540. The van der Waals surface area contributed by atoms with Gasteiger partial charge < -0.3 is 20.3 Å². The maximum atomic E-state index is 12.9. The van der Waals surface area contributed by atoms with Crippen LogP contribution in [0.15, 0.2) is 48.5 Å². The number of sulfonamides is 1. The largest absolute Gasteiger partial charge is 0.480 e. The highest BCUT2D eigenvalue weighted by Crippen LogP contribution is 2.42. The smallest absolute Gasteiger partial charge is 0.349 e. The van der Waals surface area contributed by atoms with Crippen molar-refractivity contribution in [3.05, 3.63) is 74.6 Å². The Hall–Kier alpha value is -4.01. The molecule has 1 fully saturated rings. The van der Waals surface area contributed by atoms with Crippen molar-refractivity contribution in [1.29, 1.82) is 0 Å². The van der Waals surface area contributed by atoms with E-state index in [-0.39, 0.29) is 28.1 Å². The van der Waals surface area contributed by atoms with Crippen molar-refractivity contribution in [2.45, 2.75) is 31.6 Å². The fourth-order valence-corrected chi connectivity index (χ4v) is 7.19. The second-order valence-corrected chi connectivity index (χ2v) is 12.3. The van der Waals surface area contributed by atoms with Gasteiger partial charge in [0.1, 0.15) is 5.75 Å². The molecule has 14 heteroatoms. The number of nitrogens with zero attached hydrogens (tertiary/aromatic N) is 2. The molecule has 1 aliphatic heterocycles. The van der Waals surface area contributed by atoms with Crippen molar-refractivity contribution in [2.75, 3.05) is 25.0 Å². The summed E-state index contributed by atoms with van der Waals surface area (Å²) in [5, 5.41) is 32.9. The molecule has 1 saturated heterocycles. The van der Waals surface area contributed by atoms with Crippen LogP contribution in [0.1, 0.15) is 33.6 Å². The number of aromatic carboxylic acids is 1. The van der Waals surface area contributed by atoms with Gasteiger partial charge in [-0.3, -0.25) is 10.1 Å². The zero-order valence-electron chi connectivity index (χ0n) is 21.4. The molecular formula is C26H27N3O9S2. The lowest BCUT2D eigenvalue weighted by Crippen LogP contribution is -2.42. The minimum atomic E-state index is -3.65. The normalized spacial score (nSPS) is 14.5. The number of carboxylic acid groups (broad SMARTS) is 2. The van der Waals surface area contributed by atoms with Crippen molar-refractivity contribution in [3.63, 3.8) is 0 Å². The topological polar surface area (TPSA) is 176 Å². The molecule has 212 valence electrons. The number of thiophene rings is 1. The van der Waals surface area contributed by atoms with Crippen LogP contribution in [-0.4, -0.2) is 65.5 Å². The number of rotatable bonds is 11. The van der Waals surface area contributed by atoms with E-state index in [0.717, 1.165) is 22.6 Å². The number of aliphatic carboxylic acids is 1. The van der Waals surface area contributed by atoms with Crippen LogP contribution in [0.25, 0.3) is 10.4 Å². The van der Waals surface area contributed by atoms with Gasteiger partial charge in [0.25, 0.3) is 5.69 Å². The Labute approximate surface area is 234 Å². The molecule has 0 aliphatic carbocycles. The molecule has 0 unspecified atom stereocenters. The van der Waals surface area contributed by atoms with Crippen LogP contribution in [0.4, 0.5) is 11.4 Å². The van der Waals surface area contributed by atoms with Crippen molar-refractivity contribution < 1.29 is 37.9 Å². The summed E-state index contributed by atoms with van der Waals surface area (Å²) in [7, 11) is -3.65. The maximum Gasteiger partial charge on any atom is 0.349 e. The van der Waals surface area contributed by atoms with Crippen molar-refractivity contribution in [3.8, 4) is 16.2 Å². The third-order valence-electron chi connectivity index (χ3n) is 6.44. The Morgan fingerprint density at radius 2 is 1.85 bits per heavy atom. The van der Waals surface area contributed by atoms with E-state index in [2.05, 4.69) is 5.32 Å². The van der Waals surface area contributed by atoms with Crippen LogP contribution >= 0.6 is 11.3 Å². The van der Waals surface area contributed by atoms with Crippen LogP contribution in [0, 0.1) is 17.0 Å². The SMILES string of the molecule is Cc1c(-c2cccc(NC3CCN(S(=O)(=O)Cc4cccc([N+](=O)[O-])c4)CC3)c2)sc(C(=O)O)c1OCC(=O)O. The van der Waals surface area contributed by atoms with Gasteiger partial charge in [0.05, 0.1) is 10.7 Å².